The van der Waals surface area contributed by atoms with Crippen molar-refractivity contribution >= 4 is 11.8 Å². The third kappa shape index (κ3) is 4.72. The molecular weight excluding hydrogens is 451 g/mol. The van der Waals surface area contributed by atoms with Crippen LogP contribution in [0.3, 0.4) is 0 Å². The maximum atomic E-state index is 14.0. The molecule has 0 amide bonds. The topological polar surface area (TPSA) is 66.0 Å². The molecule has 0 N–H and O–H groups in total. The number of halogens is 1. The van der Waals surface area contributed by atoms with Crippen LogP contribution in [0.25, 0.3) is 17.1 Å². The maximum absolute atomic E-state index is 14.0. The highest BCUT2D eigenvalue weighted by Gasteiger charge is 2.18. The summed E-state index contributed by atoms with van der Waals surface area (Å²) in [7, 11) is 0. The van der Waals surface area contributed by atoms with Gasteiger partial charge in [0.2, 0.25) is 5.89 Å². The van der Waals surface area contributed by atoms with Crippen molar-refractivity contribution in [3.8, 4) is 22.9 Å². The van der Waals surface area contributed by atoms with Crippen LogP contribution in [0.4, 0.5) is 4.39 Å². The van der Waals surface area contributed by atoms with Crippen molar-refractivity contribution in [3.05, 3.63) is 108 Å². The number of benzene rings is 3. The first-order valence-electron chi connectivity index (χ1n) is 10.7. The van der Waals surface area contributed by atoms with E-state index in [4.69, 9.17) is 9.15 Å². The van der Waals surface area contributed by atoms with Gasteiger partial charge in [0.1, 0.15) is 12.4 Å². The van der Waals surface area contributed by atoms with Crippen molar-refractivity contribution in [2.24, 2.45) is 0 Å². The van der Waals surface area contributed by atoms with Gasteiger partial charge in [0.05, 0.1) is 5.69 Å². The Morgan fingerprint density at radius 3 is 2.38 bits per heavy atom. The van der Waals surface area contributed by atoms with E-state index in [1.807, 2.05) is 72.2 Å². The average molecular weight is 473 g/mol. The van der Waals surface area contributed by atoms with Gasteiger partial charge in [0.15, 0.2) is 22.5 Å². The summed E-state index contributed by atoms with van der Waals surface area (Å²) in [6.45, 7) is 1.98. The van der Waals surface area contributed by atoms with Crippen molar-refractivity contribution in [3.63, 3.8) is 0 Å². The monoisotopic (exact) mass is 472 g/mol. The third-order valence-corrected chi connectivity index (χ3v) is 6.10. The molecule has 3 aromatic carbocycles. The number of rotatable bonds is 8. The Kier molecular flexibility index (Phi) is 6.40. The van der Waals surface area contributed by atoms with Gasteiger partial charge in [-0.25, -0.2) is 9.37 Å². The van der Waals surface area contributed by atoms with Crippen LogP contribution in [-0.4, -0.2) is 19.7 Å². The minimum absolute atomic E-state index is 0.0739. The third-order valence-electron chi connectivity index (χ3n) is 5.16. The zero-order valence-electron chi connectivity index (χ0n) is 18.4. The molecule has 0 fully saturated rings. The molecule has 0 spiro atoms. The minimum atomic E-state index is -0.418. The second kappa shape index (κ2) is 9.93. The lowest BCUT2D eigenvalue weighted by molar-refractivity contribution is 0.278. The largest absolute Gasteiger partial charge is 0.483 e. The number of para-hydroxylation sites is 2. The Bertz CT molecular complexity index is 1390. The highest BCUT2D eigenvalue weighted by molar-refractivity contribution is 7.98. The highest BCUT2D eigenvalue weighted by atomic mass is 32.2. The van der Waals surface area contributed by atoms with Gasteiger partial charge < -0.3 is 9.15 Å². The van der Waals surface area contributed by atoms with E-state index >= 15 is 0 Å². The first-order valence-corrected chi connectivity index (χ1v) is 11.7. The molecule has 0 aliphatic carbocycles. The van der Waals surface area contributed by atoms with Crippen LogP contribution < -0.4 is 4.74 Å². The number of ether oxygens (including phenoxy) is 1. The molecule has 0 saturated carbocycles. The molecule has 0 aliphatic rings. The fourth-order valence-electron chi connectivity index (χ4n) is 3.43. The molecule has 0 bridgehead atoms. The van der Waals surface area contributed by atoms with Gasteiger partial charge in [-0.3, -0.25) is 4.57 Å². The molecule has 8 heteroatoms. The van der Waals surface area contributed by atoms with Crippen molar-refractivity contribution in [1.29, 1.82) is 0 Å². The number of thioether (sulfide) groups is 1. The van der Waals surface area contributed by atoms with E-state index in [9.17, 15) is 4.39 Å². The number of oxazole rings is 1. The molecule has 6 nitrogen and oxygen atoms in total. The van der Waals surface area contributed by atoms with Crippen molar-refractivity contribution in [1.82, 2.24) is 19.7 Å². The van der Waals surface area contributed by atoms with Crippen LogP contribution >= 0.6 is 11.8 Å². The second-order valence-electron chi connectivity index (χ2n) is 7.47. The van der Waals surface area contributed by atoms with Crippen LogP contribution in [0.5, 0.6) is 5.75 Å². The number of aryl methyl sites for hydroxylation is 1. The summed E-state index contributed by atoms with van der Waals surface area (Å²) < 4.78 is 27.5. The van der Waals surface area contributed by atoms with Gasteiger partial charge in [-0.1, -0.05) is 60.3 Å². The summed E-state index contributed by atoms with van der Waals surface area (Å²) in [6, 6.07) is 25.9. The van der Waals surface area contributed by atoms with Crippen LogP contribution in [0.2, 0.25) is 0 Å². The van der Waals surface area contributed by atoms with Crippen LogP contribution in [-0.2, 0) is 12.4 Å². The Labute approximate surface area is 200 Å². The summed E-state index contributed by atoms with van der Waals surface area (Å²) in [4.78, 5) is 4.68. The molecule has 2 aromatic heterocycles. The zero-order valence-corrected chi connectivity index (χ0v) is 19.2. The van der Waals surface area contributed by atoms with E-state index < -0.39 is 5.82 Å². The molecule has 0 atom stereocenters. The van der Waals surface area contributed by atoms with Crippen LogP contribution in [0, 0.1) is 12.7 Å². The first kappa shape index (κ1) is 21.9. The standard InChI is InChI=1S/C26H21FN4O2S/c1-18-22(28-25(33-18)19-10-4-2-5-11-19)17-34-26-30-29-24(31(26)20-12-6-3-7-13-20)16-32-23-15-9-8-14-21(23)27/h2-15H,16-17H2,1H3. The average Bonchev–Trinajstić information content (AvgIpc) is 3.46. The molecule has 170 valence electrons. The Morgan fingerprint density at radius 1 is 0.912 bits per heavy atom. The van der Waals surface area contributed by atoms with E-state index in [-0.39, 0.29) is 12.4 Å². The number of hydrogen-bond donors (Lipinski definition) is 0. The lowest BCUT2D eigenvalue weighted by atomic mass is 10.2. The van der Waals surface area contributed by atoms with E-state index in [0.717, 1.165) is 22.7 Å². The first-order chi connectivity index (χ1) is 16.7. The molecule has 0 saturated heterocycles. The predicted octanol–water partition coefficient (Wildman–Crippen LogP) is 6.24. The fourth-order valence-corrected chi connectivity index (χ4v) is 4.40. The summed E-state index contributed by atoms with van der Waals surface area (Å²) in [5.74, 6) is 2.24. The lowest BCUT2D eigenvalue weighted by Gasteiger charge is -2.11. The summed E-state index contributed by atoms with van der Waals surface area (Å²) in [5, 5.41) is 9.39. The van der Waals surface area contributed by atoms with Gasteiger partial charge in [-0.15, -0.1) is 10.2 Å². The van der Waals surface area contributed by atoms with Crippen molar-refractivity contribution in [2.75, 3.05) is 0 Å². The smallest absolute Gasteiger partial charge is 0.226 e. The minimum Gasteiger partial charge on any atom is -0.483 e. The number of hydrogen-bond acceptors (Lipinski definition) is 6. The molecule has 0 radical (unpaired) electrons. The molecule has 5 aromatic rings. The summed E-state index contributed by atoms with van der Waals surface area (Å²) in [5.41, 5.74) is 2.67. The van der Waals surface area contributed by atoms with Gasteiger partial charge in [0.25, 0.3) is 0 Å². The maximum Gasteiger partial charge on any atom is 0.226 e. The second-order valence-corrected chi connectivity index (χ2v) is 8.41. The van der Waals surface area contributed by atoms with Crippen molar-refractivity contribution in [2.45, 2.75) is 24.4 Å². The van der Waals surface area contributed by atoms with Gasteiger partial charge in [-0.05, 0) is 43.3 Å². The zero-order chi connectivity index (χ0) is 23.3. The van der Waals surface area contributed by atoms with Gasteiger partial charge >= 0.3 is 0 Å². The quantitative estimate of drug-likeness (QED) is 0.249. The van der Waals surface area contributed by atoms with E-state index in [1.54, 1.807) is 18.2 Å². The molecule has 34 heavy (non-hydrogen) atoms. The summed E-state index contributed by atoms with van der Waals surface area (Å²) >= 11 is 1.50. The Balaban J connectivity index is 1.39. The SMILES string of the molecule is Cc1oc(-c2ccccc2)nc1CSc1nnc(COc2ccccc2F)n1-c1ccccc1. The molecule has 0 aliphatic heterocycles. The lowest BCUT2D eigenvalue weighted by Crippen LogP contribution is -2.07. The normalized spacial score (nSPS) is 11.0. The van der Waals surface area contributed by atoms with Gasteiger partial charge in [0, 0.05) is 17.0 Å². The molecular formula is C26H21FN4O2S. The Morgan fingerprint density at radius 2 is 1.62 bits per heavy atom. The molecule has 0 unspecified atom stereocenters. The summed E-state index contributed by atoms with van der Waals surface area (Å²) in [6.07, 6.45) is 0. The van der Waals surface area contributed by atoms with E-state index in [1.165, 1.54) is 17.8 Å². The predicted molar refractivity (Wildman–Crippen MR) is 128 cm³/mol. The highest BCUT2D eigenvalue weighted by Crippen LogP contribution is 2.29. The Hall–Kier alpha value is -3.91. The van der Waals surface area contributed by atoms with Crippen LogP contribution in [0.15, 0.2) is 94.5 Å². The van der Waals surface area contributed by atoms with E-state index in [2.05, 4.69) is 15.2 Å². The molecule has 2 heterocycles. The van der Waals surface area contributed by atoms with E-state index in [0.29, 0.717) is 22.6 Å². The number of nitrogens with zero attached hydrogens (tertiary/aromatic N) is 4. The fraction of sp³-hybridized carbons (Fsp3) is 0.115. The number of aromatic nitrogens is 4. The van der Waals surface area contributed by atoms with Crippen LogP contribution in [0.1, 0.15) is 17.3 Å². The van der Waals surface area contributed by atoms with Crippen molar-refractivity contribution < 1.29 is 13.5 Å². The molecule has 5 rings (SSSR count). The van der Waals surface area contributed by atoms with Gasteiger partial charge in [-0.2, -0.15) is 0 Å².